The average molecular weight is 282 g/mol. The molecular formula is C13H22N4O3. The van der Waals surface area contributed by atoms with Gasteiger partial charge in [-0.05, 0) is 5.41 Å². The minimum atomic E-state index is -0.927. The Balaban J connectivity index is 2.39. The van der Waals surface area contributed by atoms with Crippen LogP contribution in [0.5, 0.6) is 0 Å². The van der Waals surface area contributed by atoms with Crippen LogP contribution in [-0.2, 0) is 11.3 Å². The van der Waals surface area contributed by atoms with Crippen molar-refractivity contribution in [3.8, 4) is 0 Å². The van der Waals surface area contributed by atoms with Crippen LogP contribution in [0.2, 0.25) is 0 Å². The van der Waals surface area contributed by atoms with Gasteiger partial charge in [-0.1, -0.05) is 20.8 Å². The van der Waals surface area contributed by atoms with E-state index in [0.717, 1.165) is 0 Å². The summed E-state index contributed by atoms with van der Waals surface area (Å²) in [5.74, 6) is -0.927. The maximum absolute atomic E-state index is 11.8. The van der Waals surface area contributed by atoms with Crippen LogP contribution >= 0.6 is 0 Å². The number of aliphatic carboxylic acids is 1. The van der Waals surface area contributed by atoms with E-state index < -0.39 is 12.0 Å². The molecule has 0 aliphatic carbocycles. The number of carboxylic acids is 1. The molecular weight excluding hydrogens is 260 g/mol. The zero-order chi connectivity index (χ0) is 15.2. The number of carbonyl (C=O) groups excluding carboxylic acids is 1. The molecule has 1 aromatic rings. The van der Waals surface area contributed by atoms with E-state index >= 15 is 0 Å². The lowest BCUT2D eigenvalue weighted by Gasteiger charge is -2.30. The van der Waals surface area contributed by atoms with Crippen LogP contribution in [0.1, 0.15) is 27.2 Å². The molecule has 7 heteroatoms. The summed E-state index contributed by atoms with van der Waals surface area (Å²) in [5, 5.41) is 14.3. The maximum Gasteiger partial charge on any atom is 0.315 e. The van der Waals surface area contributed by atoms with Gasteiger partial charge < -0.3 is 20.3 Å². The number of amides is 2. The summed E-state index contributed by atoms with van der Waals surface area (Å²) in [4.78, 5) is 26.5. The van der Waals surface area contributed by atoms with Crippen molar-refractivity contribution in [1.29, 1.82) is 0 Å². The minimum Gasteiger partial charge on any atom is -0.481 e. The lowest BCUT2D eigenvalue weighted by atomic mass is 9.85. The third-order valence-electron chi connectivity index (χ3n) is 2.94. The fourth-order valence-corrected chi connectivity index (χ4v) is 1.68. The van der Waals surface area contributed by atoms with E-state index in [4.69, 9.17) is 5.11 Å². The van der Waals surface area contributed by atoms with E-state index in [0.29, 0.717) is 13.1 Å². The zero-order valence-corrected chi connectivity index (χ0v) is 12.1. The number of carbonyl (C=O) groups is 2. The van der Waals surface area contributed by atoms with Crippen molar-refractivity contribution < 1.29 is 14.7 Å². The molecule has 7 nitrogen and oxygen atoms in total. The van der Waals surface area contributed by atoms with Crippen molar-refractivity contribution in [2.24, 2.45) is 5.41 Å². The predicted octanol–water partition coefficient (Wildman–Crippen LogP) is 1.07. The molecule has 0 saturated heterocycles. The molecule has 0 saturated carbocycles. The largest absolute Gasteiger partial charge is 0.481 e. The van der Waals surface area contributed by atoms with Crippen LogP contribution in [0.4, 0.5) is 4.79 Å². The summed E-state index contributed by atoms with van der Waals surface area (Å²) in [6.45, 7) is 6.75. The lowest BCUT2D eigenvalue weighted by Crippen LogP contribution is -2.49. The Bertz CT molecular complexity index is 437. The quantitative estimate of drug-likeness (QED) is 0.727. The van der Waals surface area contributed by atoms with Crippen LogP contribution in [0.3, 0.4) is 0 Å². The van der Waals surface area contributed by atoms with Crippen molar-refractivity contribution in [3.63, 3.8) is 0 Å². The van der Waals surface area contributed by atoms with Crippen LogP contribution < -0.4 is 10.6 Å². The highest BCUT2D eigenvalue weighted by Crippen LogP contribution is 2.21. The van der Waals surface area contributed by atoms with Gasteiger partial charge in [-0.15, -0.1) is 0 Å². The highest BCUT2D eigenvalue weighted by Gasteiger charge is 2.28. The van der Waals surface area contributed by atoms with Gasteiger partial charge >= 0.3 is 12.0 Å². The SMILES string of the molecule is CC(C)(C)C(CC(=O)O)NC(=O)NCCn1ccnc1. The van der Waals surface area contributed by atoms with E-state index in [-0.39, 0.29) is 17.9 Å². The fraction of sp³-hybridized carbons (Fsp3) is 0.615. The summed E-state index contributed by atoms with van der Waals surface area (Å²) in [6.07, 6.45) is 5.05. The summed E-state index contributed by atoms with van der Waals surface area (Å²) in [6, 6.07) is -0.778. The molecule has 0 fully saturated rings. The molecule has 1 atom stereocenters. The second-order valence-electron chi connectivity index (χ2n) is 5.72. The van der Waals surface area contributed by atoms with E-state index in [2.05, 4.69) is 15.6 Å². The Morgan fingerprint density at radius 1 is 1.40 bits per heavy atom. The predicted molar refractivity (Wildman–Crippen MR) is 74.3 cm³/mol. The molecule has 20 heavy (non-hydrogen) atoms. The number of hydrogen-bond acceptors (Lipinski definition) is 3. The number of aromatic nitrogens is 2. The second-order valence-corrected chi connectivity index (χ2v) is 5.72. The Labute approximate surface area is 118 Å². The van der Waals surface area contributed by atoms with Crippen molar-refractivity contribution in [1.82, 2.24) is 20.2 Å². The van der Waals surface area contributed by atoms with Crippen molar-refractivity contribution in [3.05, 3.63) is 18.7 Å². The molecule has 1 aromatic heterocycles. The van der Waals surface area contributed by atoms with Gasteiger partial charge in [0.1, 0.15) is 0 Å². The van der Waals surface area contributed by atoms with Crippen LogP contribution in [-0.4, -0.2) is 39.2 Å². The van der Waals surface area contributed by atoms with Gasteiger partial charge in [0.05, 0.1) is 12.7 Å². The van der Waals surface area contributed by atoms with Crippen molar-refractivity contribution in [2.75, 3.05) is 6.54 Å². The first kappa shape index (κ1) is 16.0. The topological polar surface area (TPSA) is 96.3 Å². The van der Waals surface area contributed by atoms with Crippen molar-refractivity contribution >= 4 is 12.0 Å². The Kier molecular flexibility index (Phi) is 5.54. The summed E-state index contributed by atoms with van der Waals surface area (Å²) < 4.78 is 1.85. The third kappa shape index (κ3) is 5.73. The molecule has 3 N–H and O–H groups in total. The number of nitrogens with one attached hydrogen (secondary N) is 2. The fourth-order valence-electron chi connectivity index (χ4n) is 1.68. The minimum absolute atomic E-state index is 0.0988. The smallest absolute Gasteiger partial charge is 0.315 e. The Hall–Kier alpha value is -2.05. The first-order valence-corrected chi connectivity index (χ1v) is 6.51. The Morgan fingerprint density at radius 3 is 2.60 bits per heavy atom. The van der Waals surface area contributed by atoms with E-state index in [9.17, 15) is 9.59 Å². The molecule has 0 aliphatic rings. The van der Waals surface area contributed by atoms with Crippen LogP contribution in [0.15, 0.2) is 18.7 Å². The van der Waals surface area contributed by atoms with E-state index in [1.165, 1.54) is 0 Å². The molecule has 1 unspecified atom stereocenters. The van der Waals surface area contributed by atoms with Gasteiger partial charge in [0.2, 0.25) is 0 Å². The van der Waals surface area contributed by atoms with Gasteiger partial charge in [0.25, 0.3) is 0 Å². The monoisotopic (exact) mass is 282 g/mol. The Morgan fingerprint density at radius 2 is 2.10 bits per heavy atom. The van der Waals surface area contributed by atoms with Gasteiger partial charge in [-0.3, -0.25) is 4.79 Å². The standard InChI is InChI=1S/C13H22N4O3/c1-13(2,3)10(8-11(18)19)16-12(20)15-5-7-17-6-4-14-9-17/h4,6,9-10H,5,7-8H2,1-3H3,(H,18,19)(H2,15,16,20). The molecule has 1 heterocycles. The highest BCUT2D eigenvalue weighted by atomic mass is 16.4. The number of rotatable bonds is 6. The number of carboxylic acid groups (broad SMARTS) is 1. The van der Waals surface area contributed by atoms with Gasteiger partial charge in [0, 0.05) is 31.5 Å². The summed E-state index contributed by atoms with van der Waals surface area (Å²) in [7, 11) is 0. The molecule has 0 bridgehead atoms. The van der Waals surface area contributed by atoms with Crippen LogP contribution in [0, 0.1) is 5.41 Å². The molecule has 0 aromatic carbocycles. The number of nitrogens with zero attached hydrogens (tertiary/aromatic N) is 2. The third-order valence-corrected chi connectivity index (χ3v) is 2.94. The zero-order valence-electron chi connectivity index (χ0n) is 12.1. The summed E-state index contributed by atoms with van der Waals surface area (Å²) in [5.41, 5.74) is -0.319. The highest BCUT2D eigenvalue weighted by molar-refractivity contribution is 5.75. The van der Waals surface area contributed by atoms with E-state index in [1.807, 2.05) is 31.5 Å². The first-order chi connectivity index (χ1) is 9.29. The number of imidazole rings is 1. The number of hydrogen-bond donors (Lipinski definition) is 3. The summed E-state index contributed by atoms with van der Waals surface area (Å²) >= 11 is 0. The van der Waals surface area contributed by atoms with E-state index in [1.54, 1.807) is 12.5 Å². The lowest BCUT2D eigenvalue weighted by molar-refractivity contribution is -0.138. The normalized spacial score (nSPS) is 12.8. The molecule has 2 amide bonds. The molecule has 1 rings (SSSR count). The maximum atomic E-state index is 11.8. The molecule has 0 aliphatic heterocycles. The van der Waals surface area contributed by atoms with Gasteiger partial charge in [-0.2, -0.15) is 0 Å². The van der Waals surface area contributed by atoms with Crippen molar-refractivity contribution in [2.45, 2.75) is 39.8 Å². The van der Waals surface area contributed by atoms with Crippen LogP contribution in [0.25, 0.3) is 0 Å². The van der Waals surface area contributed by atoms with Gasteiger partial charge in [-0.25, -0.2) is 9.78 Å². The first-order valence-electron chi connectivity index (χ1n) is 6.51. The number of urea groups is 1. The average Bonchev–Trinajstić information content (AvgIpc) is 2.79. The molecule has 0 spiro atoms. The second kappa shape index (κ2) is 6.93. The molecule has 112 valence electrons. The molecule has 0 radical (unpaired) electrons. The van der Waals surface area contributed by atoms with Gasteiger partial charge in [0.15, 0.2) is 0 Å².